The Balaban J connectivity index is 0.00000162. The molecule has 1 aliphatic heterocycles. The number of hydrogen-bond acceptors (Lipinski definition) is 4. The maximum atomic E-state index is 12.4. The number of nitrogens with zero attached hydrogens (tertiary/aromatic N) is 3. The van der Waals surface area contributed by atoms with Crippen molar-refractivity contribution < 1.29 is 8.42 Å². The first kappa shape index (κ1) is 15.4. The first-order valence-corrected chi connectivity index (χ1v) is 7.09. The Kier molecular flexibility index (Phi) is 4.77. The molecule has 6 nitrogen and oxygen atoms in total. The van der Waals surface area contributed by atoms with Crippen LogP contribution in [0.5, 0.6) is 0 Å². The molecule has 0 saturated carbocycles. The topological polar surface area (TPSA) is 67.2 Å². The second kappa shape index (κ2) is 5.56. The molecule has 0 aromatic carbocycles. The van der Waals surface area contributed by atoms with Gasteiger partial charge in [0.05, 0.1) is 0 Å². The Morgan fingerprint density at radius 2 is 2.17 bits per heavy atom. The van der Waals surface area contributed by atoms with Crippen LogP contribution in [-0.2, 0) is 17.1 Å². The third-order valence-corrected chi connectivity index (χ3v) is 4.99. The monoisotopic (exact) mass is 294 g/mol. The van der Waals surface area contributed by atoms with E-state index >= 15 is 0 Å². The first-order chi connectivity index (χ1) is 7.93. The largest absolute Gasteiger partial charge is 0.337 e. The normalized spacial score (nSPS) is 21.6. The zero-order valence-electron chi connectivity index (χ0n) is 10.8. The van der Waals surface area contributed by atoms with Crippen LogP contribution < -0.4 is 5.32 Å². The van der Waals surface area contributed by atoms with Crippen LogP contribution in [0.4, 0.5) is 0 Å². The van der Waals surface area contributed by atoms with Crippen LogP contribution in [0.3, 0.4) is 0 Å². The molecule has 1 fully saturated rings. The molecule has 8 heteroatoms. The number of hydrogen-bond donors (Lipinski definition) is 1. The molecule has 0 bridgehead atoms. The van der Waals surface area contributed by atoms with E-state index in [0.29, 0.717) is 25.5 Å². The van der Waals surface area contributed by atoms with Crippen LogP contribution in [0.25, 0.3) is 0 Å². The van der Waals surface area contributed by atoms with Gasteiger partial charge in [-0.2, -0.15) is 4.31 Å². The average molecular weight is 295 g/mol. The first-order valence-electron chi connectivity index (χ1n) is 5.65. The number of nitrogens with one attached hydrogen (secondary N) is 1. The van der Waals surface area contributed by atoms with Crippen molar-refractivity contribution in [3.05, 3.63) is 12.0 Å². The summed E-state index contributed by atoms with van der Waals surface area (Å²) in [6.45, 7) is 5.57. The standard InChI is InChI=1S/C10H18N4O2S.ClH/c1-8-6-11-4-5-14(8)17(15,16)10-7-13(3)9(2)12-10;/h7-8,11H,4-6H2,1-3H3;1H. The van der Waals surface area contributed by atoms with E-state index in [9.17, 15) is 8.42 Å². The molecule has 104 valence electrons. The van der Waals surface area contributed by atoms with Gasteiger partial charge in [0.15, 0.2) is 5.03 Å². The summed E-state index contributed by atoms with van der Waals surface area (Å²) in [4.78, 5) is 4.10. The molecule has 18 heavy (non-hydrogen) atoms. The van der Waals surface area contributed by atoms with Crippen molar-refractivity contribution in [3.63, 3.8) is 0 Å². The van der Waals surface area contributed by atoms with Crippen molar-refractivity contribution in [1.29, 1.82) is 0 Å². The van der Waals surface area contributed by atoms with Crippen LogP contribution in [0.2, 0.25) is 0 Å². The van der Waals surface area contributed by atoms with Gasteiger partial charge in [-0.15, -0.1) is 12.4 Å². The number of imidazole rings is 1. The highest BCUT2D eigenvalue weighted by atomic mass is 35.5. The van der Waals surface area contributed by atoms with Gasteiger partial charge in [0.25, 0.3) is 10.0 Å². The molecule has 1 aliphatic rings. The van der Waals surface area contributed by atoms with E-state index in [0.717, 1.165) is 0 Å². The van der Waals surface area contributed by atoms with Gasteiger partial charge in [-0.25, -0.2) is 13.4 Å². The lowest BCUT2D eigenvalue weighted by molar-refractivity contribution is 0.283. The Hall–Kier alpha value is -0.630. The molecule has 2 heterocycles. The van der Waals surface area contributed by atoms with Crippen LogP contribution in [0, 0.1) is 6.92 Å². The van der Waals surface area contributed by atoms with E-state index in [-0.39, 0.29) is 23.5 Å². The summed E-state index contributed by atoms with van der Waals surface area (Å²) in [6, 6.07) is -0.0314. The summed E-state index contributed by atoms with van der Waals surface area (Å²) >= 11 is 0. The van der Waals surface area contributed by atoms with Gasteiger partial charge in [0.1, 0.15) is 5.82 Å². The van der Waals surface area contributed by atoms with Gasteiger partial charge in [0, 0.05) is 38.9 Å². The summed E-state index contributed by atoms with van der Waals surface area (Å²) in [7, 11) is -1.66. The molecular formula is C10H19ClN4O2S. The fourth-order valence-corrected chi connectivity index (χ4v) is 3.61. The van der Waals surface area contributed by atoms with Crippen molar-refractivity contribution in [1.82, 2.24) is 19.2 Å². The lowest BCUT2D eigenvalue weighted by Crippen LogP contribution is -2.52. The van der Waals surface area contributed by atoms with Crippen molar-refractivity contribution in [2.24, 2.45) is 7.05 Å². The predicted octanol–water partition coefficient (Wildman–Crippen LogP) is 0.133. The van der Waals surface area contributed by atoms with Gasteiger partial charge in [0.2, 0.25) is 0 Å². The smallest absolute Gasteiger partial charge is 0.262 e. The molecule has 0 amide bonds. The van der Waals surface area contributed by atoms with E-state index in [1.807, 2.05) is 6.92 Å². The molecule has 0 spiro atoms. The molecule has 0 aliphatic carbocycles. The fraction of sp³-hybridized carbons (Fsp3) is 0.700. The van der Waals surface area contributed by atoms with E-state index in [4.69, 9.17) is 0 Å². The average Bonchev–Trinajstić information content (AvgIpc) is 2.60. The van der Waals surface area contributed by atoms with Gasteiger partial charge in [-0.05, 0) is 13.8 Å². The van der Waals surface area contributed by atoms with E-state index in [2.05, 4.69) is 10.3 Å². The summed E-state index contributed by atoms with van der Waals surface area (Å²) in [5, 5.41) is 3.32. The third kappa shape index (κ3) is 2.69. The van der Waals surface area contributed by atoms with Gasteiger partial charge in [-0.1, -0.05) is 0 Å². The van der Waals surface area contributed by atoms with Crippen molar-refractivity contribution in [2.75, 3.05) is 19.6 Å². The zero-order chi connectivity index (χ0) is 12.6. The molecule has 1 saturated heterocycles. The number of sulfonamides is 1. The molecule has 1 atom stereocenters. The Bertz CT molecular complexity index is 494. The highest BCUT2D eigenvalue weighted by Gasteiger charge is 2.32. The minimum atomic E-state index is -3.45. The summed E-state index contributed by atoms with van der Waals surface area (Å²) in [5.41, 5.74) is 0. The van der Waals surface area contributed by atoms with Crippen molar-refractivity contribution in [3.8, 4) is 0 Å². The van der Waals surface area contributed by atoms with E-state index < -0.39 is 10.0 Å². The fourth-order valence-electron chi connectivity index (χ4n) is 1.95. The van der Waals surface area contributed by atoms with Crippen LogP contribution in [0.15, 0.2) is 11.2 Å². The Morgan fingerprint density at radius 3 is 2.67 bits per heavy atom. The van der Waals surface area contributed by atoms with Crippen LogP contribution >= 0.6 is 12.4 Å². The SMILES string of the molecule is Cc1nc(S(=O)(=O)N2CCNCC2C)cn1C.Cl. The van der Waals surface area contributed by atoms with E-state index in [1.54, 1.807) is 24.7 Å². The van der Waals surface area contributed by atoms with Crippen LogP contribution in [0.1, 0.15) is 12.7 Å². The molecule has 1 N–H and O–H groups in total. The Morgan fingerprint density at radius 1 is 1.50 bits per heavy atom. The van der Waals surface area contributed by atoms with Crippen molar-refractivity contribution in [2.45, 2.75) is 24.9 Å². The maximum Gasteiger partial charge on any atom is 0.262 e. The van der Waals surface area contributed by atoms with Gasteiger partial charge < -0.3 is 9.88 Å². The molecule has 2 rings (SSSR count). The minimum absolute atomic E-state index is 0. The quantitative estimate of drug-likeness (QED) is 0.842. The number of piperazine rings is 1. The molecule has 1 unspecified atom stereocenters. The minimum Gasteiger partial charge on any atom is -0.337 e. The van der Waals surface area contributed by atoms with Crippen LogP contribution in [-0.4, -0.2) is 48.0 Å². The second-order valence-corrected chi connectivity index (χ2v) is 6.24. The van der Waals surface area contributed by atoms with Gasteiger partial charge >= 0.3 is 0 Å². The highest BCUT2D eigenvalue weighted by molar-refractivity contribution is 7.89. The van der Waals surface area contributed by atoms with Gasteiger partial charge in [-0.3, -0.25) is 0 Å². The zero-order valence-corrected chi connectivity index (χ0v) is 12.4. The lowest BCUT2D eigenvalue weighted by Gasteiger charge is -2.32. The van der Waals surface area contributed by atoms with E-state index in [1.165, 1.54) is 4.31 Å². The lowest BCUT2D eigenvalue weighted by atomic mass is 10.3. The Labute approximate surface area is 114 Å². The predicted molar refractivity (Wildman–Crippen MR) is 71.4 cm³/mol. The number of halogens is 1. The molecule has 1 aromatic heterocycles. The third-order valence-electron chi connectivity index (χ3n) is 3.10. The maximum absolute atomic E-state index is 12.4. The van der Waals surface area contributed by atoms with Crippen molar-refractivity contribution >= 4 is 22.4 Å². The molecular weight excluding hydrogens is 276 g/mol. The summed E-state index contributed by atoms with van der Waals surface area (Å²) < 4.78 is 28.0. The number of aromatic nitrogens is 2. The highest BCUT2D eigenvalue weighted by Crippen LogP contribution is 2.18. The number of rotatable bonds is 2. The second-order valence-electron chi connectivity index (χ2n) is 4.41. The summed E-state index contributed by atoms with van der Waals surface area (Å²) in [5.74, 6) is 0.700. The molecule has 1 aromatic rings. The number of aryl methyl sites for hydroxylation is 2. The summed E-state index contributed by atoms with van der Waals surface area (Å²) in [6.07, 6.45) is 1.57. The molecule has 0 radical (unpaired) electrons.